The number of carbonyl (C=O) groups excluding carboxylic acids is 1. The largest absolute Gasteiger partial charge is 0.296 e. The van der Waals surface area contributed by atoms with E-state index in [1.165, 1.54) is 33.6 Å². The number of benzene rings is 1. The van der Waals surface area contributed by atoms with Gasteiger partial charge in [-0.05, 0) is 37.6 Å². The molecule has 0 bridgehead atoms. The number of hydrogen-bond acceptors (Lipinski definition) is 7. The molecule has 0 aliphatic rings. The average Bonchev–Trinajstić information content (AvgIpc) is 3.15. The number of nitrogens with zero attached hydrogens (tertiary/aromatic N) is 4. The summed E-state index contributed by atoms with van der Waals surface area (Å²) in [4.78, 5) is 29.1. The van der Waals surface area contributed by atoms with E-state index < -0.39 is 0 Å². The minimum absolute atomic E-state index is 0.113. The summed E-state index contributed by atoms with van der Waals surface area (Å²) in [6.45, 7) is 3.90. The van der Waals surface area contributed by atoms with Crippen LogP contribution in [-0.4, -0.2) is 25.5 Å². The van der Waals surface area contributed by atoms with Crippen molar-refractivity contribution in [1.82, 2.24) is 19.6 Å². The maximum atomic E-state index is 12.3. The van der Waals surface area contributed by atoms with Crippen molar-refractivity contribution in [2.45, 2.75) is 23.9 Å². The smallest absolute Gasteiger partial charge is 0.258 e. The molecular formula is C20H17N5O2S2. The van der Waals surface area contributed by atoms with Crippen molar-refractivity contribution >= 4 is 39.8 Å². The van der Waals surface area contributed by atoms with Crippen molar-refractivity contribution in [2.24, 2.45) is 0 Å². The summed E-state index contributed by atoms with van der Waals surface area (Å²) in [6.07, 6.45) is 1.77. The van der Waals surface area contributed by atoms with Gasteiger partial charge < -0.3 is 0 Å². The highest BCUT2D eigenvalue weighted by Crippen LogP contribution is 2.28. The Bertz CT molecular complexity index is 1250. The second kappa shape index (κ2) is 8.14. The van der Waals surface area contributed by atoms with Gasteiger partial charge in [0.05, 0.1) is 5.69 Å². The van der Waals surface area contributed by atoms with Crippen LogP contribution in [0.5, 0.6) is 0 Å². The van der Waals surface area contributed by atoms with Gasteiger partial charge in [-0.3, -0.25) is 19.3 Å². The van der Waals surface area contributed by atoms with Gasteiger partial charge in [-0.2, -0.15) is 0 Å². The third-order valence-electron chi connectivity index (χ3n) is 4.14. The van der Waals surface area contributed by atoms with Crippen molar-refractivity contribution in [2.75, 3.05) is 5.32 Å². The van der Waals surface area contributed by atoms with E-state index in [4.69, 9.17) is 0 Å². The molecule has 0 aliphatic heterocycles. The van der Waals surface area contributed by atoms with Gasteiger partial charge in [0.25, 0.3) is 11.5 Å². The number of nitrogens with one attached hydrogen (secondary N) is 1. The van der Waals surface area contributed by atoms with Gasteiger partial charge in [0.2, 0.25) is 5.13 Å². The molecule has 0 saturated heterocycles. The number of hydrogen-bond donors (Lipinski definition) is 1. The van der Waals surface area contributed by atoms with Gasteiger partial charge in [-0.25, -0.2) is 4.98 Å². The fourth-order valence-electron chi connectivity index (χ4n) is 2.66. The topological polar surface area (TPSA) is 89.2 Å². The molecule has 0 saturated carbocycles. The Kier molecular flexibility index (Phi) is 5.41. The maximum Gasteiger partial charge on any atom is 0.258 e. The molecule has 1 N–H and O–H groups in total. The standard InChI is InChI=1S/C20H17N5O2S2/c1-12-3-6-14(7-4-12)18(27)22-19-23-24-20(29-19)28-11-15-9-17(26)25-10-13(2)5-8-16(25)21-15/h3-10H,11H2,1-2H3,(H,22,23,27). The molecule has 29 heavy (non-hydrogen) atoms. The number of thioether (sulfide) groups is 1. The van der Waals surface area contributed by atoms with E-state index in [9.17, 15) is 9.59 Å². The molecule has 1 amide bonds. The van der Waals surface area contributed by atoms with Crippen molar-refractivity contribution < 1.29 is 4.79 Å². The second-order valence-corrected chi connectivity index (χ2v) is 8.70. The van der Waals surface area contributed by atoms with E-state index in [2.05, 4.69) is 20.5 Å². The molecular weight excluding hydrogens is 406 g/mol. The molecule has 1 aromatic carbocycles. The SMILES string of the molecule is Cc1ccc(C(=O)Nc2nnc(SCc3cc(=O)n4cc(C)ccc4n3)s2)cc1. The van der Waals surface area contributed by atoms with Gasteiger partial charge in [0.15, 0.2) is 4.34 Å². The van der Waals surface area contributed by atoms with Gasteiger partial charge in [-0.15, -0.1) is 10.2 Å². The summed E-state index contributed by atoms with van der Waals surface area (Å²) in [5.74, 6) is 0.261. The Morgan fingerprint density at radius 2 is 1.86 bits per heavy atom. The molecule has 3 aromatic heterocycles. The van der Waals surface area contributed by atoms with Crippen molar-refractivity contribution in [3.63, 3.8) is 0 Å². The molecule has 0 atom stereocenters. The molecule has 0 aliphatic carbocycles. The van der Waals surface area contributed by atoms with Gasteiger partial charge in [0.1, 0.15) is 5.65 Å². The molecule has 7 nitrogen and oxygen atoms in total. The summed E-state index contributed by atoms with van der Waals surface area (Å²) in [7, 11) is 0. The predicted octanol–water partition coefficient (Wildman–Crippen LogP) is 3.71. The third kappa shape index (κ3) is 4.52. The lowest BCUT2D eigenvalue weighted by atomic mass is 10.1. The van der Waals surface area contributed by atoms with Gasteiger partial charge in [0, 0.05) is 23.6 Å². The van der Waals surface area contributed by atoms with E-state index in [0.717, 1.165) is 11.1 Å². The Hall–Kier alpha value is -3.04. The lowest BCUT2D eigenvalue weighted by molar-refractivity contribution is 0.102. The molecule has 9 heteroatoms. The first kappa shape index (κ1) is 19.3. The number of aryl methyl sites for hydroxylation is 2. The molecule has 0 radical (unpaired) electrons. The van der Waals surface area contributed by atoms with Crippen LogP contribution in [0.2, 0.25) is 0 Å². The first-order valence-corrected chi connectivity index (χ1v) is 10.6. The number of anilines is 1. The molecule has 0 fully saturated rings. The second-order valence-electron chi connectivity index (χ2n) is 6.50. The normalized spacial score (nSPS) is 11.0. The lowest BCUT2D eigenvalue weighted by Gasteiger charge is -2.04. The summed E-state index contributed by atoms with van der Waals surface area (Å²) in [5.41, 5.74) is 3.82. The molecule has 146 valence electrons. The summed E-state index contributed by atoms with van der Waals surface area (Å²) in [6, 6.07) is 12.6. The summed E-state index contributed by atoms with van der Waals surface area (Å²) in [5, 5.41) is 11.3. The van der Waals surface area contributed by atoms with Crippen molar-refractivity contribution in [1.29, 1.82) is 0 Å². The van der Waals surface area contributed by atoms with Crippen LogP contribution in [0.15, 0.2) is 57.8 Å². The summed E-state index contributed by atoms with van der Waals surface area (Å²) < 4.78 is 2.22. The Morgan fingerprint density at radius 1 is 1.10 bits per heavy atom. The quantitative estimate of drug-likeness (QED) is 0.389. The van der Waals surface area contributed by atoms with Crippen LogP contribution >= 0.6 is 23.1 Å². The first-order chi connectivity index (χ1) is 14.0. The van der Waals surface area contributed by atoms with Gasteiger partial charge >= 0.3 is 0 Å². The van der Waals surface area contributed by atoms with Gasteiger partial charge in [-0.1, -0.05) is 46.9 Å². The van der Waals surface area contributed by atoms with E-state index in [0.29, 0.717) is 32.1 Å². The monoisotopic (exact) mass is 423 g/mol. The Morgan fingerprint density at radius 3 is 2.66 bits per heavy atom. The van der Waals surface area contributed by atoms with Crippen molar-refractivity contribution in [3.05, 3.63) is 81.4 Å². The van der Waals surface area contributed by atoms with E-state index in [1.54, 1.807) is 18.3 Å². The maximum absolute atomic E-state index is 12.3. The number of pyridine rings is 1. The van der Waals surface area contributed by atoms with Crippen LogP contribution in [0, 0.1) is 13.8 Å². The Labute approximate surface area is 174 Å². The molecule has 4 rings (SSSR count). The number of aromatic nitrogens is 4. The minimum Gasteiger partial charge on any atom is -0.296 e. The highest BCUT2D eigenvalue weighted by Gasteiger charge is 2.11. The highest BCUT2D eigenvalue weighted by molar-refractivity contribution is 8.00. The fourth-order valence-corrected chi connectivity index (χ4v) is 4.30. The zero-order chi connectivity index (χ0) is 20.4. The molecule has 0 spiro atoms. The molecule has 3 heterocycles. The van der Waals surface area contributed by atoms with Crippen LogP contribution in [-0.2, 0) is 5.75 Å². The first-order valence-electron chi connectivity index (χ1n) is 8.81. The van der Waals surface area contributed by atoms with Crippen LogP contribution in [0.4, 0.5) is 5.13 Å². The fraction of sp³-hybridized carbons (Fsp3) is 0.150. The van der Waals surface area contributed by atoms with E-state index in [1.807, 2.05) is 38.1 Å². The highest BCUT2D eigenvalue weighted by atomic mass is 32.2. The number of rotatable bonds is 5. The summed E-state index contributed by atoms with van der Waals surface area (Å²) >= 11 is 2.71. The molecule has 0 unspecified atom stereocenters. The molecule has 4 aromatic rings. The number of fused-ring (bicyclic) bond motifs is 1. The minimum atomic E-state index is -0.225. The van der Waals surface area contributed by atoms with Crippen molar-refractivity contribution in [3.8, 4) is 0 Å². The third-order valence-corrected chi connectivity index (χ3v) is 6.15. The number of carbonyl (C=O) groups is 1. The predicted molar refractivity (Wildman–Crippen MR) is 115 cm³/mol. The van der Waals surface area contributed by atoms with E-state index >= 15 is 0 Å². The van der Waals surface area contributed by atoms with E-state index in [-0.39, 0.29) is 11.5 Å². The van der Waals surface area contributed by atoms with Crippen LogP contribution < -0.4 is 10.9 Å². The zero-order valence-corrected chi connectivity index (χ0v) is 17.4. The Balaban J connectivity index is 1.42. The zero-order valence-electron chi connectivity index (χ0n) is 15.7. The lowest BCUT2D eigenvalue weighted by Crippen LogP contribution is -2.15. The van der Waals surface area contributed by atoms with Crippen LogP contribution in [0.1, 0.15) is 27.2 Å². The average molecular weight is 424 g/mol. The number of amides is 1. The van der Waals surface area contributed by atoms with Crippen LogP contribution in [0.3, 0.4) is 0 Å². The van der Waals surface area contributed by atoms with Crippen LogP contribution in [0.25, 0.3) is 5.65 Å².